The van der Waals surface area contributed by atoms with Crippen molar-refractivity contribution in [1.29, 1.82) is 5.26 Å². The van der Waals surface area contributed by atoms with Crippen molar-refractivity contribution in [2.75, 3.05) is 11.9 Å². The van der Waals surface area contributed by atoms with Crippen LogP contribution in [0, 0.1) is 11.3 Å². The fraction of sp³-hybridized carbons (Fsp3) is 0.400. The Labute approximate surface area is 167 Å². The molecule has 0 spiro atoms. The molecule has 0 unspecified atom stereocenters. The van der Waals surface area contributed by atoms with Gasteiger partial charge in [-0.1, -0.05) is 30.2 Å². The van der Waals surface area contributed by atoms with Gasteiger partial charge in [-0.3, -0.25) is 10.1 Å². The average Bonchev–Trinajstić information content (AvgIpc) is 3.35. The van der Waals surface area contributed by atoms with Gasteiger partial charge in [0.15, 0.2) is 5.13 Å². The topological polar surface area (TPSA) is 98.1 Å². The molecular formula is C20H21N5O2S. The van der Waals surface area contributed by atoms with Crippen molar-refractivity contribution in [1.82, 2.24) is 15.2 Å². The normalized spacial score (nSPS) is 16.3. The predicted molar refractivity (Wildman–Crippen MR) is 106 cm³/mol. The van der Waals surface area contributed by atoms with Gasteiger partial charge in [-0.25, -0.2) is 9.78 Å². The number of carbonyl (C=O) groups excluding carboxylic acids is 2. The molecule has 144 valence electrons. The van der Waals surface area contributed by atoms with E-state index >= 15 is 0 Å². The Kier molecular flexibility index (Phi) is 5.26. The van der Waals surface area contributed by atoms with Crippen LogP contribution in [-0.2, 0) is 13.0 Å². The number of benzene rings is 1. The highest BCUT2D eigenvalue weighted by atomic mass is 32.1. The highest BCUT2D eigenvalue weighted by Crippen LogP contribution is 2.29. The molecule has 1 aromatic carbocycles. The number of thiazole rings is 1. The van der Waals surface area contributed by atoms with Crippen LogP contribution >= 0.6 is 11.3 Å². The average molecular weight is 395 g/mol. The standard InChI is InChI=1S/C20H21N5O2S/c21-11-13-4-3-5-14(10-13)18(26)25-9-8-16-17(12-25)28-20(23-16)24-19(27)22-15-6-1-2-7-15/h3-5,10,15H,1-2,6-9,12H2,(H2,22,23,24,27). The summed E-state index contributed by atoms with van der Waals surface area (Å²) < 4.78 is 0. The van der Waals surface area contributed by atoms with Crippen LogP contribution in [0.2, 0.25) is 0 Å². The Balaban J connectivity index is 1.40. The monoisotopic (exact) mass is 395 g/mol. The van der Waals surface area contributed by atoms with Crippen LogP contribution in [0.25, 0.3) is 0 Å². The van der Waals surface area contributed by atoms with Crippen molar-refractivity contribution in [2.24, 2.45) is 0 Å². The van der Waals surface area contributed by atoms with E-state index in [4.69, 9.17) is 5.26 Å². The third kappa shape index (κ3) is 3.99. The zero-order chi connectivity index (χ0) is 19.5. The number of amides is 3. The van der Waals surface area contributed by atoms with Crippen LogP contribution in [0.4, 0.5) is 9.93 Å². The van der Waals surface area contributed by atoms with Gasteiger partial charge in [-0.05, 0) is 31.0 Å². The smallest absolute Gasteiger partial charge is 0.321 e. The summed E-state index contributed by atoms with van der Waals surface area (Å²) in [5.74, 6) is -0.0929. The zero-order valence-electron chi connectivity index (χ0n) is 15.4. The van der Waals surface area contributed by atoms with Crippen LogP contribution in [0.1, 0.15) is 52.2 Å². The molecule has 3 amide bonds. The molecule has 2 aromatic rings. The second-order valence-corrected chi connectivity index (χ2v) is 8.22. The Morgan fingerprint density at radius 1 is 1.29 bits per heavy atom. The summed E-state index contributed by atoms with van der Waals surface area (Å²) in [7, 11) is 0. The lowest BCUT2D eigenvalue weighted by Crippen LogP contribution is -2.36. The lowest BCUT2D eigenvalue weighted by atomic mass is 10.1. The fourth-order valence-electron chi connectivity index (χ4n) is 3.72. The third-order valence-corrected chi connectivity index (χ3v) is 6.17. The number of carbonyl (C=O) groups is 2. The minimum absolute atomic E-state index is 0.0929. The van der Waals surface area contributed by atoms with Crippen LogP contribution < -0.4 is 10.6 Å². The Hall–Kier alpha value is -2.92. The van der Waals surface area contributed by atoms with Crippen LogP contribution in [-0.4, -0.2) is 34.4 Å². The van der Waals surface area contributed by atoms with E-state index in [2.05, 4.69) is 21.7 Å². The Morgan fingerprint density at radius 3 is 2.89 bits per heavy atom. The molecule has 8 heteroatoms. The van der Waals surface area contributed by atoms with Gasteiger partial charge >= 0.3 is 6.03 Å². The van der Waals surface area contributed by atoms with Gasteiger partial charge in [0.2, 0.25) is 0 Å². The van der Waals surface area contributed by atoms with E-state index in [9.17, 15) is 9.59 Å². The number of nitrogens with one attached hydrogen (secondary N) is 2. The van der Waals surface area contributed by atoms with Crippen LogP contribution in [0.5, 0.6) is 0 Å². The first-order chi connectivity index (χ1) is 13.6. The lowest BCUT2D eigenvalue weighted by molar-refractivity contribution is 0.0736. The number of nitriles is 1. The highest BCUT2D eigenvalue weighted by Gasteiger charge is 2.26. The number of anilines is 1. The van der Waals surface area contributed by atoms with Gasteiger partial charge in [-0.2, -0.15) is 5.26 Å². The number of urea groups is 1. The maximum atomic E-state index is 12.8. The summed E-state index contributed by atoms with van der Waals surface area (Å²) in [5, 5.41) is 15.4. The number of hydrogen-bond donors (Lipinski definition) is 2. The molecule has 4 rings (SSSR count). The number of fused-ring (bicyclic) bond motifs is 1. The molecule has 1 aliphatic carbocycles. The molecule has 0 saturated heterocycles. The molecule has 1 aliphatic heterocycles. The summed E-state index contributed by atoms with van der Waals surface area (Å²) in [6.07, 6.45) is 5.05. The number of hydrogen-bond acceptors (Lipinski definition) is 5. The maximum absolute atomic E-state index is 12.8. The lowest BCUT2D eigenvalue weighted by Gasteiger charge is -2.26. The van der Waals surface area contributed by atoms with Gasteiger partial charge in [-0.15, -0.1) is 0 Å². The fourth-order valence-corrected chi connectivity index (χ4v) is 4.73. The minimum Gasteiger partial charge on any atom is -0.335 e. The second-order valence-electron chi connectivity index (χ2n) is 7.14. The van der Waals surface area contributed by atoms with Gasteiger partial charge in [0, 0.05) is 29.4 Å². The van der Waals surface area contributed by atoms with Crippen molar-refractivity contribution in [2.45, 2.75) is 44.7 Å². The molecule has 2 N–H and O–H groups in total. The first-order valence-corrected chi connectivity index (χ1v) is 10.3. The molecule has 1 saturated carbocycles. The van der Waals surface area contributed by atoms with E-state index in [1.807, 2.05) is 0 Å². The number of nitrogens with zero attached hydrogens (tertiary/aromatic N) is 3. The molecule has 1 fully saturated rings. The van der Waals surface area contributed by atoms with E-state index in [0.29, 0.717) is 35.8 Å². The summed E-state index contributed by atoms with van der Waals surface area (Å²) >= 11 is 1.42. The third-order valence-electron chi connectivity index (χ3n) is 5.17. The van der Waals surface area contributed by atoms with Crippen molar-refractivity contribution >= 4 is 28.4 Å². The second kappa shape index (κ2) is 7.98. The quantitative estimate of drug-likeness (QED) is 0.833. The summed E-state index contributed by atoms with van der Waals surface area (Å²) in [6.45, 7) is 1.04. The SMILES string of the molecule is N#Cc1cccc(C(=O)N2CCc3nc(NC(=O)NC4CCCC4)sc3C2)c1. The molecule has 1 aromatic heterocycles. The van der Waals surface area contributed by atoms with Crippen molar-refractivity contribution < 1.29 is 9.59 Å². The molecule has 2 aliphatic rings. The molecule has 0 atom stereocenters. The highest BCUT2D eigenvalue weighted by molar-refractivity contribution is 7.15. The largest absolute Gasteiger partial charge is 0.335 e. The first-order valence-electron chi connectivity index (χ1n) is 9.48. The van der Waals surface area contributed by atoms with E-state index < -0.39 is 0 Å². The summed E-state index contributed by atoms with van der Waals surface area (Å²) in [6, 6.07) is 8.86. The Morgan fingerprint density at radius 2 is 2.11 bits per heavy atom. The minimum atomic E-state index is -0.209. The first kappa shape index (κ1) is 18.4. The zero-order valence-corrected chi connectivity index (χ0v) is 16.2. The Bertz CT molecular complexity index is 942. The molecule has 0 bridgehead atoms. The van der Waals surface area contributed by atoms with E-state index in [0.717, 1.165) is 36.3 Å². The van der Waals surface area contributed by atoms with E-state index in [1.165, 1.54) is 11.3 Å². The summed E-state index contributed by atoms with van der Waals surface area (Å²) in [5.41, 5.74) is 1.93. The number of aromatic nitrogens is 1. The van der Waals surface area contributed by atoms with Crippen molar-refractivity contribution in [3.8, 4) is 6.07 Å². The molecular weight excluding hydrogens is 374 g/mol. The van der Waals surface area contributed by atoms with Crippen molar-refractivity contribution in [3.63, 3.8) is 0 Å². The van der Waals surface area contributed by atoms with Crippen LogP contribution in [0.15, 0.2) is 24.3 Å². The van der Waals surface area contributed by atoms with Crippen LogP contribution in [0.3, 0.4) is 0 Å². The van der Waals surface area contributed by atoms with E-state index in [1.54, 1.807) is 29.2 Å². The number of rotatable bonds is 3. The summed E-state index contributed by atoms with van der Waals surface area (Å²) in [4.78, 5) is 32.2. The molecule has 7 nitrogen and oxygen atoms in total. The van der Waals surface area contributed by atoms with Crippen molar-refractivity contribution in [3.05, 3.63) is 46.0 Å². The van der Waals surface area contributed by atoms with Gasteiger partial charge < -0.3 is 10.2 Å². The van der Waals surface area contributed by atoms with Gasteiger partial charge in [0.1, 0.15) is 0 Å². The molecule has 0 radical (unpaired) electrons. The molecule has 28 heavy (non-hydrogen) atoms. The predicted octanol–water partition coefficient (Wildman–Crippen LogP) is 3.28. The van der Waals surface area contributed by atoms with Gasteiger partial charge in [0.25, 0.3) is 5.91 Å². The molecule has 2 heterocycles. The van der Waals surface area contributed by atoms with Gasteiger partial charge in [0.05, 0.1) is 23.9 Å². The van der Waals surface area contributed by atoms with E-state index in [-0.39, 0.29) is 18.0 Å². The maximum Gasteiger partial charge on any atom is 0.321 e.